The third kappa shape index (κ3) is 3.01. The van der Waals surface area contributed by atoms with E-state index in [2.05, 4.69) is 21.9 Å². The first-order valence-corrected chi connectivity index (χ1v) is 5.48. The molecule has 1 rings (SSSR count). The molecule has 0 saturated heterocycles. The van der Waals surface area contributed by atoms with Gasteiger partial charge in [-0.05, 0) is 13.8 Å². The summed E-state index contributed by atoms with van der Waals surface area (Å²) in [5, 5.41) is 2.07. The van der Waals surface area contributed by atoms with Crippen molar-refractivity contribution in [2.45, 2.75) is 26.3 Å². The Kier molecular flexibility index (Phi) is 6.47. The minimum atomic E-state index is 0. The zero-order valence-corrected chi connectivity index (χ0v) is 10.2. The van der Waals surface area contributed by atoms with Crippen LogP contribution in [-0.2, 0) is 12.4 Å². The molecule has 1 aromatic heterocycles. The van der Waals surface area contributed by atoms with Gasteiger partial charge in [0.05, 0.1) is 5.88 Å². The first kappa shape index (κ1) is 13.0. The minimum Gasteiger partial charge on any atom is -0.320 e. The number of halogens is 2. The number of alkyl halides is 1. The van der Waals surface area contributed by atoms with Gasteiger partial charge in [-0.25, -0.2) is 0 Å². The monoisotopic (exact) mass is 240 g/mol. The van der Waals surface area contributed by atoms with Crippen molar-refractivity contribution >= 4 is 35.3 Å². The van der Waals surface area contributed by atoms with Gasteiger partial charge in [0.15, 0.2) is 4.80 Å². The van der Waals surface area contributed by atoms with Crippen molar-refractivity contribution in [1.29, 1.82) is 0 Å². The largest absolute Gasteiger partial charge is 0.320 e. The molecule has 76 valence electrons. The lowest BCUT2D eigenvalue weighted by Gasteiger charge is -2.00. The summed E-state index contributed by atoms with van der Waals surface area (Å²) in [5.74, 6) is 0.573. The molecule has 1 aromatic rings. The Labute approximate surface area is 93.7 Å². The van der Waals surface area contributed by atoms with Crippen LogP contribution in [0.15, 0.2) is 10.4 Å². The predicted octanol–water partition coefficient (Wildman–Crippen LogP) is 2.65. The molecule has 0 aromatic carbocycles. The molecule has 13 heavy (non-hydrogen) atoms. The Bertz CT molecular complexity index is 303. The lowest BCUT2D eigenvalue weighted by Crippen LogP contribution is -2.15. The highest BCUT2D eigenvalue weighted by Gasteiger charge is 2.00. The zero-order chi connectivity index (χ0) is 8.97. The van der Waals surface area contributed by atoms with E-state index in [1.165, 1.54) is 0 Å². The number of nitrogens with zero attached hydrogens (tertiary/aromatic N) is 2. The second kappa shape index (κ2) is 6.46. The van der Waals surface area contributed by atoms with Gasteiger partial charge >= 0.3 is 0 Å². The van der Waals surface area contributed by atoms with Crippen LogP contribution in [0.2, 0.25) is 0 Å². The van der Waals surface area contributed by atoms with E-state index in [1.807, 2.05) is 6.92 Å². The van der Waals surface area contributed by atoms with Crippen molar-refractivity contribution in [2.75, 3.05) is 6.54 Å². The first-order chi connectivity index (χ1) is 5.83. The number of hydrogen-bond donors (Lipinski definition) is 0. The van der Waals surface area contributed by atoms with Crippen molar-refractivity contribution in [3.05, 3.63) is 15.9 Å². The van der Waals surface area contributed by atoms with Crippen molar-refractivity contribution in [1.82, 2.24) is 4.57 Å². The fourth-order valence-electron chi connectivity index (χ4n) is 1.07. The Hall–Kier alpha value is 0.01000. The van der Waals surface area contributed by atoms with Gasteiger partial charge in [0.2, 0.25) is 0 Å². The third-order valence-electron chi connectivity index (χ3n) is 1.62. The second-order valence-corrected chi connectivity index (χ2v) is 3.47. The van der Waals surface area contributed by atoms with Crippen molar-refractivity contribution < 1.29 is 0 Å². The van der Waals surface area contributed by atoms with Crippen LogP contribution in [0.5, 0.6) is 0 Å². The van der Waals surface area contributed by atoms with Crippen LogP contribution in [0, 0.1) is 0 Å². The summed E-state index contributed by atoms with van der Waals surface area (Å²) in [7, 11) is 0. The highest BCUT2D eigenvalue weighted by atomic mass is 35.5. The summed E-state index contributed by atoms with van der Waals surface area (Å²) in [6.45, 7) is 5.93. The molecule has 0 aliphatic carbocycles. The Balaban J connectivity index is 0.00000144. The van der Waals surface area contributed by atoms with E-state index in [1.54, 1.807) is 11.3 Å². The maximum Gasteiger partial charge on any atom is 0.184 e. The summed E-state index contributed by atoms with van der Waals surface area (Å²) in [6, 6.07) is 0. The van der Waals surface area contributed by atoms with E-state index in [0.29, 0.717) is 5.88 Å². The smallest absolute Gasteiger partial charge is 0.184 e. The zero-order valence-electron chi connectivity index (χ0n) is 7.79. The highest BCUT2D eigenvalue weighted by Crippen LogP contribution is 2.04. The number of rotatable bonds is 3. The van der Waals surface area contributed by atoms with Gasteiger partial charge in [-0.3, -0.25) is 4.99 Å². The molecule has 0 bridgehead atoms. The van der Waals surface area contributed by atoms with Crippen LogP contribution in [0.25, 0.3) is 0 Å². The number of thiazole rings is 1. The van der Waals surface area contributed by atoms with Gasteiger partial charge in [0, 0.05) is 24.2 Å². The van der Waals surface area contributed by atoms with Gasteiger partial charge < -0.3 is 4.57 Å². The van der Waals surface area contributed by atoms with Crippen molar-refractivity contribution in [3.8, 4) is 0 Å². The first-order valence-electron chi connectivity index (χ1n) is 4.07. The normalized spacial score (nSPS) is 11.5. The predicted molar refractivity (Wildman–Crippen MR) is 60.9 cm³/mol. The van der Waals surface area contributed by atoms with Gasteiger partial charge in [-0.2, -0.15) is 0 Å². The van der Waals surface area contributed by atoms with Crippen molar-refractivity contribution in [3.63, 3.8) is 0 Å². The molecule has 2 nitrogen and oxygen atoms in total. The molecule has 0 aliphatic rings. The average Bonchev–Trinajstić information content (AvgIpc) is 2.47. The van der Waals surface area contributed by atoms with E-state index in [4.69, 9.17) is 11.6 Å². The summed E-state index contributed by atoms with van der Waals surface area (Å²) in [5.41, 5.74) is 1.16. The average molecular weight is 241 g/mol. The van der Waals surface area contributed by atoms with Crippen LogP contribution in [0.3, 0.4) is 0 Å². The van der Waals surface area contributed by atoms with Crippen molar-refractivity contribution in [2.24, 2.45) is 4.99 Å². The second-order valence-electron chi connectivity index (χ2n) is 2.36. The third-order valence-corrected chi connectivity index (χ3v) is 2.85. The standard InChI is InChI=1S/C8H13ClN2S.ClH/c1-3-10-8-11(4-2)7(5-9)6-12-8;/h6H,3-5H2,1-2H3;1H. The molecular formula is C8H14Cl2N2S. The van der Waals surface area contributed by atoms with Crippen LogP contribution in [-0.4, -0.2) is 11.1 Å². The van der Waals surface area contributed by atoms with Crippen LogP contribution in [0.4, 0.5) is 0 Å². The number of hydrogen-bond acceptors (Lipinski definition) is 2. The Morgan fingerprint density at radius 3 is 2.69 bits per heavy atom. The highest BCUT2D eigenvalue weighted by molar-refractivity contribution is 7.07. The lowest BCUT2D eigenvalue weighted by molar-refractivity contribution is 0.699. The molecule has 0 amide bonds. The van der Waals surface area contributed by atoms with Gasteiger partial charge in [-0.15, -0.1) is 35.3 Å². The molecule has 0 aliphatic heterocycles. The summed E-state index contributed by atoms with van der Waals surface area (Å²) < 4.78 is 2.15. The van der Waals surface area contributed by atoms with E-state index >= 15 is 0 Å². The van der Waals surface area contributed by atoms with E-state index in [-0.39, 0.29) is 12.4 Å². The lowest BCUT2D eigenvalue weighted by atomic mass is 10.5. The minimum absolute atomic E-state index is 0. The summed E-state index contributed by atoms with van der Waals surface area (Å²) >= 11 is 7.43. The fraction of sp³-hybridized carbons (Fsp3) is 0.625. The summed E-state index contributed by atoms with van der Waals surface area (Å²) in [4.78, 5) is 5.45. The topological polar surface area (TPSA) is 17.3 Å². The molecule has 0 radical (unpaired) electrons. The molecule has 1 heterocycles. The Morgan fingerprint density at radius 1 is 1.54 bits per heavy atom. The van der Waals surface area contributed by atoms with E-state index in [0.717, 1.165) is 23.6 Å². The van der Waals surface area contributed by atoms with Gasteiger partial charge in [-0.1, -0.05) is 0 Å². The molecule has 0 unspecified atom stereocenters. The number of aromatic nitrogens is 1. The fourth-order valence-corrected chi connectivity index (χ4v) is 2.41. The molecule has 0 N–H and O–H groups in total. The van der Waals surface area contributed by atoms with E-state index < -0.39 is 0 Å². The molecule has 5 heteroatoms. The SMILES string of the molecule is CCN=c1scc(CCl)n1CC.Cl. The quantitative estimate of drug-likeness (QED) is 0.724. The molecule has 0 spiro atoms. The van der Waals surface area contributed by atoms with Crippen LogP contribution in [0.1, 0.15) is 19.5 Å². The molecular weight excluding hydrogens is 227 g/mol. The maximum atomic E-state index is 5.77. The van der Waals surface area contributed by atoms with Crippen LogP contribution < -0.4 is 4.80 Å². The molecule has 0 atom stereocenters. The van der Waals surface area contributed by atoms with Gasteiger partial charge in [0.1, 0.15) is 0 Å². The molecule has 0 saturated carbocycles. The van der Waals surface area contributed by atoms with Gasteiger partial charge in [0.25, 0.3) is 0 Å². The maximum absolute atomic E-state index is 5.77. The Morgan fingerprint density at radius 2 is 2.23 bits per heavy atom. The molecule has 0 fully saturated rings. The van der Waals surface area contributed by atoms with Crippen LogP contribution >= 0.6 is 35.3 Å². The summed E-state index contributed by atoms with van der Waals surface area (Å²) in [6.07, 6.45) is 0. The van der Waals surface area contributed by atoms with E-state index in [9.17, 15) is 0 Å².